The summed E-state index contributed by atoms with van der Waals surface area (Å²) in [6.07, 6.45) is 1.23. The van der Waals surface area contributed by atoms with Crippen LogP contribution in [0.15, 0.2) is 48.5 Å². The number of carbonyl (C=O) groups excluding carboxylic acids is 2. The molecule has 0 aromatic heterocycles. The molecule has 1 saturated heterocycles. The van der Waals surface area contributed by atoms with Crippen molar-refractivity contribution in [1.82, 2.24) is 4.90 Å². The van der Waals surface area contributed by atoms with E-state index in [4.69, 9.17) is 15.2 Å². The Hall–Kier alpha value is -3.02. The number of rotatable bonds is 6. The van der Waals surface area contributed by atoms with Crippen molar-refractivity contribution in [3.8, 4) is 17.2 Å². The summed E-state index contributed by atoms with van der Waals surface area (Å²) in [5.74, 6) is 1.57. The first-order valence-corrected chi connectivity index (χ1v) is 9.06. The Balaban J connectivity index is 1.46. The van der Waals surface area contributed by atoms with Crippen molar-refractivity contribution in [3.63, 3.8) is 0 Å². The first-order chi connectivity index (χ1) is 13.0. The molecule has 0 saturated carbocycles. The van der Waals surface area contributed by atoms with E-state index < -0.39 is 0 Å². The standard InChI is InChI=1S/C21H24N2O4/c1-15-2-4-18(5-3-15)27-19-8-6-17(7-9-19)26-14-20(24)23-12-10-16(11-13-23)21(22)25/h2-9,16H,10-14H2,1H3,(H2,22,25). The fourth-order valence-corrected chi connectivity index (χ4v) is 3.00. The molecule has 1 aliphatic rings. The zero-order chi connectivity index (χ0) is 19.2. The largest absolute Gasteiger partial charge is 0.484 e. The second kappa shape index (κ2) is 8.58. The second-order valence-corrected chi connectivity index (χ2v) is 6.73. The minimum absolute atomic E-state index is 0.0284. The molecule has 0 bridgehead atoms. The lowest BCUT2D eigenvalue weighted by molar-refractivity contribution is -0.136. The Morgan fingerprint density at radius 1 is 0.963 bits per heavy atom. The lowest BCUT2D eigenvalue weighted by Crippen LogP contribution is -2.43. The topological polar surface area (TPSA) is 81.9 Å². The molecule has 1 fully saturated rings. The molecule has 0 atom stereocenters. The van der Waals surface area contributed by atoms with E-state index in [1.807, 2.05) is 31.2 Å². The van der Waals surface area contributed by atoms with E-state index in [0.717, 1.165) is 5.75 Å². The SMILES string of the molecule is Cc1ccc(Oc2ccc(OCC(=O)N3CCC(C(N)=O)CC3)cc2)cc1. The summed E-state index contributed by atoms with van der Waals surface area (Å²) in [6, 6.07) is 15.0. The number of piperidine rings is 1. The van der Waals surface area contributed by atoms with Gasteiger partial charge in [0.05, 0.1) is 0 Å². The summed E-state index contributed by atoms with van der Waals surface area (Å²) in [7, 11) is 0. The predicted molar refractivity (Wildman–Crippen MR) is 102 cm³/mol. The maximum Gasteiger partial charge on any atom is 0.260 e. The summed E-state index contributed by atoms with van der Waals surface area (Å²) in [5, 5.41) is 0. The van der Waals surface area contributed by atoms with Crippen LogP contribution in [0.3, 0.4) is 0 Å². The highest BCUT2D eigenvalue weighted by Crippen LogP contribution is 2.24. The molecule has 0 aliphatic carbocycles. The van der Waals surface area contributed by atoms with Gasteiger partial charge < -0.3 is 20.1 Å². The van der Waals surface area contributed by atoms with Crippen LogP contribution in [0.25, 0.3) is 0 Å². The molecule has 1 heterocycles. The highest BCUT2D eigenvalue weighted by molar-refractivity contribution is 5.79. The number of hydrogen-bond acceptors (Lipinski definition) is 4. The van der Waals surface area contributed by atoms with Crippen LogP contribution in [0.4, 0.5) is 0 Å². The van der Waals surface area contributed by atoms with Crippen LogP contribution in [-0.4, -0.2) is 36.4 Å². The van der Waals surface area contributed by atoms with E-state index >= 15 is 0 Å². The Kier molecular flexibility index (Phi) is 5.96. The third-order valence-corrected chi connectivity index (χ3v) is 4.69. The molecule has 3 rings (SSSR count). The third kappa shape index (κ3) is 5.23. The zero-order valence-electron chi connectivity index (χ0n) is 15.4. The Bertz CT molecular complexity index is 779. The van der Waals surface area contributed by atoms with E-state index in [1.165, 1.54) is 5.56 Å². The highest BCUT2D eigenvalue weighted by Gasteiger charge is 2.25. The number of benzene rings is 2. The minimum atomic E-state index is -0.286. The van der Waals surface area contributed by atoms with Gasteiger partial charge in [-0.2, -0.15) is 0 Å². The van der Waals surface area contributed by atoms with E-state index in [0.29, 0.717) is 37.4 Å². The summed E-state index contributed by atoms with van der Waals surface area (Å²) in [4.78, 5) is 25.1. The minimum Gasteiger partial charge on any atom is -0.484 e. The van der Waals surface area contributed by atoms with Gasteiger partial charge in [-0.1, -0.05) is 17.7 Å². The number of nitrogens with two attached hydrogens (primary N) is 1. The molecule has 0 spiro atoms. The summed E-state index contributed by atoms with van der Waals surface area (Å²) in [5.41, 5.74) is 6.49. The van der Waals surface area contributed by atoms with E-state index in [9.17, 15) is 9.59 Å². The third-order valence-electron chi connectivity index (χ3n) is 4.69. The average Bonchev–Trinajstić information content (AvgIpc) is 2.69. The first-order valence-electron chi connectivity index (χ1n) is 9.06. The number of amides is 2. The van der Waals surface area contributed by atoms with Gasteiger partial charge in [-0.05, 0) is 56.2 Å². The van der Waals surface area contributed by atoms with Crippen molar-refractivity contribution in [2.24, 2.45) is 11.7 Å². The molecule has 6 nitrogen and oxygen atoms in total. The van der Waals surface area contributed by atoms with Gasteiger partial charge in [0.25, 0.3) is 5.91 Å². The number of ether oxygens (including phenoxy) is 2. The number of hydrogen-bond donors (Lipinski definition) is 1. The van der Waals surface area contributed by atoms with Gasteiger partial charge in [-0.15, -0.1) is 0 Å². The maximum absolute atomic E-state index is 12.2. The van der Waals surface area contributed by atoms with Gasteiger partial charge in [0.2, 0.25) is 5.91 Å². The molecule has 2 aromatic rings. The molecule has 27 heavy (non-hydrogen) atoms. The van der Waals surface area contributed by atoms with E-state index in [2.05, 4.69) is 0 Å². The van der Waals surface area contributed by atoms with Gasteiger partial charge in [0, 0.05) is 19.0 Å². The number of aryl methyl sites for hydroxylation is 1. The zero-order valence-corrected chi connectivity index (χ0v) is 15.4. The summed E-state index contributed by atoms with van der Waals surface area (Å²) in [6.45, 7) is 3.08. The molecule has 2 amide bonds. The molecular formula is C21H24N2O4. The molecule has 0 radical (unpaired) electrons. The highest BCUT2D eigenvalue weighted by atomic mass is 16.5. The Morgan fingerprint density at radius 3 is 2.04 bits per heavy atom. The van der Waals surface area contributed by atoms with E-state index in [-0.39, 0.29) is 24.3 Å². The second-order valence-electron chi connectivity index (χ2n) is 6.73. The predicted octanol–water partition coefficient (Wildman–Crippen LogP) is 2.89. The lowest BCUT2D eigenvalue weighted by atomic mass is 9.96. The van der Waals surface area contributed by atoms with Crippen LogP contribution in [0.5, 0.6) is 17.2 Å². The normalized spacial score (nSPS) is 14.6. The van der Waals surface area contributed by atoms with Crippen molar-refractivity contribution in [2.45, 2.75) is 19.8 Å². The van der Waals surface area contributed by atoms with Gasteiger partial charge in [0.1, 0.15) is 17.2 Å². The Labute approximate surface area is 158 Å². The van der Waals surface area contributed by atoms with Crippen LogP contribution >= 0.6 is 0 Å². The van der Waals surface area contributed by atoms with Crippen molar-refractivity contribution >= 4 is 11.8 Å². The number of nitrogens with zero attached hydrogens (tertiary/aromatic N) is 1. The summed E-state index contributed by atoms with van der Waals surface area (Å²) >= 11 is 0. The monoisotopic (exact) mass is 368 g/mol. The van der Waals surface area contributed by atoms with Gasteiger partial charge >= 0.3 is 0 Å². The fraction of sp³-hybridized carbons (Fsp3) is 0.333. The van der Waals surface area contributed by atoms with Gasteiger partial charge in [-0.25, -0.2) is 0 Å². The van der Waals surface area contributed by atoms with Gasteiger partial charge in [-0.3, -0.25) is 9.59 Å². The average molecular weight is 368 g/mol. The van der Waals surface area contributed by atoms with Crippen LogP contribution in [-0.2, 0) is 9.59 Å². The van der Waals surface area contributed by atoms with Crippen LogP contribution in [0, 0.1) is 12.8 Å². The number of primary amides is 1. The van der Waals surface area contributed by atoms with Crippen LogP contribution in [0.2, 0.25) is 0 Å². The quantitative estimate of drug-likeness (QED) is 0.850. The van der Waals surface area contributed by atoms with Crippen molar-refractivity contribution in [2.75, 3.05) is 19.7 Å². The molecule has 142 valence electrons. The van der Waals surface area contributed by atoms with Crippen LogP contribution in [0.1, 0.15) is 18.4 Å². The molecule has 2 aromatic carbocycles. The van der Waals surface area contributed by atoms with Crippen molar-refractivity contribution < 1.29 is 19.1 Å². The van der Waals surface area contributed by atoms with Gasteiger partial charge in [0.15, 0.2) is 6.61 Å². The molecular weight excluding hydrogens is 344 g/mol. The van der Waals surface area contributed by atoms with Crippen LogP contribution < -0.4 is 15.2 Å². The summed E-state index contributed by atoms with van der Waals surface area (Å²) < 4.78 is 11.3. The molecule has 6 heteroatoms. The first kappa shape index (κ1) is 18.8. The van der Waals surface area contributed by atoms with Crippen molar-refractivity contribution in [3.05, 3.63) is 54.1 Å². The molecule has 2 N–H and O–H groups in total. The van der Waals surface area contributed by atoms with Crippen molar-refractivity contribution in [1.29, 1.82) is 0 Å². The number of likely N-dealkylation sites (tertiary alicyclic amines) is 1. The molecule has 0 unspecified atom stereocenters. The van der Waals surface area contributed by atoms with E-state index in [1.54, 1.807) is 29.2 Å². The number of carbonyl (C=O) groups is 2. The smallest absolute Gasteiger partial charge is 0.260 e. The lowest BCUT2D eigenvalue weighted by Gasteiger charge is -2.30. The molecule has 1 aliphatic heterocycles. The fourth-order valence-electron chi connectivity index (χ4n) is 3.00. The maximum atomic E-state index is 12.2. The Morgan fingerprint density at radius 2 is 1.48 bits per heavy atom.